The van der Waals surface area contributed by atoms with Crippen molar-refractivity contribution in [1.29, 1.82) is 0 Å². The van der Waals surface area contributed by atoms with Gasteiger partial charge in [-0.05, 0) is 41.8 Å². The van der Waals surface area contributed by atoms with Crippen LogP contribution in [0.2, 0.25) is 0 Å². The van der Waals surface area contributed by atoms with Crippen LogP contribution in [0.1, 0.15) is 10.5 Å². The molecule has 2 heterocycles. The molecule has 0 saturated carbocycles. The van der Waals surface area contributed by atoms with Gasteiger partial charge in [0.25, 0.3) is 5.91 Å². The monoisotopic (exact) mass is 301 g/mol. The number of carbonyl (C=O) groups excluding carboxylic acids is 1. The summed E-state index contributed by atoms with van der Waals surface area (Å²) in [5, 5.41) is 8.84. The van der Waals surface area contributed by atoms with Crippen LogP contribution < -0.4 is 5.32 Å². The fourth-order valence-corrected chi connectivity index (χ4v) is 2.73. The molecule has 2 aromatic heterocycles. The van der Waals surface area contributed by atoms with Crippen molar-refractivity contribution in [1.82, 2.24) is 15.1 Å². The van der Waals surface area contributed by atoms with Crippen LogP contribution in [0.15, 0.2) is 47.8 Å². The topological polar surface area (TPSA) is 46.9 Å². The van der Waals surface area contributed by atoms with E-state index in [0.717, 1.165) is 10.6 Å². The Balaban J connectivity index is 2.15. The third-order valence-corrected chi connectivity index (χ3v) is 3.91. The Morgan fingerprint density at radius 2 is 2.05 bits per heavy atom. The van der Waals surface area contributed by atoms with Gasteiger partial charge in [0, 0.05) is 7.05 Å². The van der Waals surface area contributed by atoms with Gasteiger partial charge in [-0.25, -0.2) is 9.07 Å². The first-order chi connectivity index (χ1) is 10.2. The number of hydrogen-bond acceptors (Lipinski definition) is 3. The van der Waals surface area contributed by atoms with Gasteiger partial charge in [0.2, 0.25) is 0 Å². The predicted molar refractivity (Wildman–Crippen MR) is 80.2 cm³/mol. The highest BCUT2D eigenvalue weighted by Gasteiger charge is 2.16. The number of halogens is 1. The normalized spacial score (nSPS) is 10.6. The van der Waals surface area contributed by atoms with Crippen molar-refractivity contribution >= 4 is 17.2 Å². The highest BCUT2D eigenvalue weighted by atomic mass is 32.1. The lowest BCUT2D eigenvalue weighted by molar-refractivity contribution is 0.0957. The van der Waals surface area contributed by atoms with E-state index in [1.807, 2.05) is 17.5 Å². The molecule has 0 bridgehead atoms. The number of thiophene rings is 1. The van der Waals surface area contributed by atoms with E-state index in [2.05, 4.69) is 10.4 Å². The summed E-state index contributed by atoms with van der Waals surface area (Å²) < 4.78 is 14.7. The number of rotatable bonds is 3. The average Bonchev–Trinajstić information content (AvgIpc) is 3.16. The lowest BCUT2D eigenvalue weighted by atomic mass is 10.2. The lowest BCUT2D eigenvalue weighted by Crippen LogP contribution is -2.18. The van der Waals surface area contributed by atoms with Crippen molar-refractivity contribution in [3.05, 3.63) is 59.4 Å². The molecule has 1 aromatic carbocycles. The molecule has 0 radical (unpaired) electrons. The molecule has 0 unspecified atom stereocenters. The van der Waals surface area contributed by atoms with Crippen LogP contribution in [0, 0.1) is 5.82 Å². The van der Waals surface area contributed by atoms with Crippen LogP contribution >= 0.6 is 11.3 Å². The molecule has 6 heteroatoms. The van der Waals surface area contributed by atoms with Crippen LogP contribution in [0.5, 0.6) is 0 Å². The Labute approximate surface area is 124 Å². The molecule has 0 saturated heterocycles. The second kappa shape index (κ2) is 5.49. The summed E-state index contributed by atoms with van der Waals surface area (Å²) in [5.41, 5.74) is 1.83. The molecule has 4 nitrogen and oxygen atoms in total. The number of nitrogens with one attached hydrogen (secondary N) is 1. The minimum atomic E-state index is -0.310. The van der Waals surface area contributed by atoms with Crippen molar-refractivity contribution in [3.8, 4) is 16.3 Å². The van der Waals surface area contributed by atoms with E-state index < -0.39 is 0 Å². The third-order valence-electron chi connectivity index (χ3n) is 3.01. The quantitative estimate of drug-likeness (QED) is 0.808. The Kier molecular flexibility index (Phi) is 3.53. The summed E-state index contributed by atoms with van der Waals surface area (Å²) in [6.45, 7) is 0. The van der Waals surface area contributed by atoms with Crippen LogP contribution in [-0.2, 0) is 0 Å². The summed E-state index contributed by atoms with van der Waals surface area (Å²) in [4.78, 5) is 12.8. The zero-order valence-electron chi connectivity index (χ0n) is 11.2. The first-order valence-corrected chi connectivity index (χ1v) is 7.19. The number of aromatic nitrogens is 2. The molecule has 0 aliphatic rings. The van der Waals surface area contributed by atoms with E-state index >= 15 is 0 Å². The van der Waals surface area contributed by atoms with E-state index in [4.69, 9.17) is 0 Å². The lowest BCUT2D eigenvalue weighted by Gasteiger charge is -2.05. The second-order valence-corrected chi connectivity index (χ2v) is 5.31. The number of benzene rings is 1. The highest BCUT2D eigenvalue weighted by Crippen LogP contribution is 2.28. The van der Waals surface area contributed by atoms with E-state index in [1.165, 1.54) is 12.1 Å². The van der Waals surface area contributed by atoms with E-state index in [1.54, 1.807) is 41.3 Å². The van der Waals surface area contributed by atoms with Crippen molar-refractivity contribution in [2.75, 3.05) is 7.05 Å². The summed E-state index contributed by atoms with van der Waals surface area (Å²) in [7, 11) is 1.56. The fraction of sp³-hybridized carbons (Fsp3) is 0.0667. The van der Waals surface area contributed by atoms with Gasteiger partial charge in [0.15, 0.2) is 5.69 Å². The van der Waals surface area contributed by atoms with E-state index in [9.17, 15) is 9.18 Å². The first kappa shape index (κ1) is 13.5. The number of carbonyl (C=O) groups is 1. The molecule has 21 heavy (non-hydrogen) atoms. The Morgan fingerprint density at radius 3 is 2.67 bits per heavy atom. The van der Waals surface area contributed by atoms with Crippen molar-refractivity contribution in [3.63, 3.8) is 0 Å². The summed E-state index contributed by atoms with van der Waals surface area (Å²) >= 11 is 1.55. The number of nitrogens with zero attached hydrogens (tertiary/aromatic N) is 2. The van der Waals surface area contributed by atoms with Crippen molar-refractivity contribution in [2.45, 2.75) is 0 Å². The van der Waals surface area contributed by atoms with Gasteiger partial charge in [-0.3, -0.25) is 4.79 Å². The first-order valence-electron chi connectivity index (χ1n) is 6.31. The highest BCUT2D eigenvalue weighted by molar-refractivity contribution is 7.13. The molecule has 1 N–H and O–H groups in total. The Bertz CT molecular complexity index is 763. The number of hydrogen-bond donors (Lipinski definition) is 1. The Hall–Kier alpha value is -2.47. The second-order valence-electron chi connectivity index (χ2n) is 4.36. The van der Waals surface area contributed by atoms with Crippen molar-refractivity contribution in [2.24, 2.45) is 0 Å². The summed E-state index contributed by atoms with van der Waals surface area (Å²) in [6, 6.07) is 11.6. The SMILES string of the molecule is CNC(=O)c1cc(-c2cccs2)n(-c2ccc(F)cc2)n1. The molecule has 3 rings (SSSR count). The maximum absolute atomic E-state index is 13.1. The minimum Gasteiger partial charge on any atom is -0.354 e. The van der Waals surface area contributed by atoms with Gasteiger partial charge in [-0.15, -0.1) is 11.3 Å². The predicted octanol–water partition coefficient (Wildman–Crippen LogP) is 3.10. The zero-order chi connectivity index (χ0) is 14.8. The molecule has 0 spiro atoms. The van der Waals surface area contributed by atoms with Crippen LogP contribution in [-0.4, -0.2) is 22.7 Å². The largest absolute Gasteiger partial charge is 0.354 e. The van der Waals surface area contributed by atoms with Crippen LogP contribution in [0.3, 0.4) is 0 Å². The summed E-state index contributed by atoms with van der Waals surface area (Å²) in [5.74, 6) is -0.566. The smallest absolute Gasteiger partial charge is 0.271 e. The van der Waals surface area contributed by atoms with Gasteiger partial charge in [-0.1, -0.05) is 6.07 Å². The molecule has 3 aromatic rings. The van der Waals surface area contributed by atoms with Crippen LogP contribution in [0.25, 0.3) is 16.3 Å². The fourth-order valence-electron chi connectivity index (χ4n) is 2.00. The molecule has 0 fully saturated rings. The third kappa shape index (κ3) is 2.57. The standard InChI is InChI=1S/C15H12FN3OS/c1-17-15(20)12-9-13(14-3-2-8-21-14)19(18-12)11-6-4-10(16)5-7-11/h2-9H,1H3,(H,17,20). The van der Waals surface area contributed by atoms with Crippen molar-refractivity contribution < 1.29 is 9.18 Å². The Morgan fingerprint density at radius 1 is 1.29 bits per heavy atom. The molecular weight excluding hydrogens is 289 g/mol. The maximum Gasteiger partial charge on any atom is 0.271 e. The van der Waals surface area contributed by atoms with E-state index in [-0.39, 0.29) is 11.7 Å². The molecule has 1 amide bonds. The van der Waals surface area contributed by atoms with Gasteiger partial charge >= 0.3 is 0 Å². The molecule has 0 aliphatic carbocycles. The molecule has 106 valence electrons. The zero-order valence-corrected chi connectivity index (χ0v) is 12.0. The number of amides is 1. The van der Waals surface area contributed by atoms with Gasteiger partial charge in [0.05, 0.1) is 16.3 Å². The van der Waals surface area contributed by atoms with Gasteiger partial charge in [0.1, 0.15) is 5.82 Å². The average molecular weight is 301 g/mol. The molecule has 0 aliphatic heterocycles. The van der Waals surface area contributed by atoms with Gasteiger partial charge < -0.3 is 5.32 Å². The minimum absolute atomic E-state index is 0.256. The van der Waals surface area contributed by atoms with E-state index in [0.29, 0.717) is 11.4 Å². The maximum atomic E-state index is 13.1. The molecule has 0 atom stereocenters. The summed E-state index contributed by atoms with van der Waals surface area (Å²) in [6.07, 6.45) is 0. The molecular formula is C15H12FN3OS. The van der Waals surface area contributed by atoms with Crippen LogP contribution in [0.4, 0.5) is 4.39 Å². The van der Waals surface area contributed by atoms with Gasteiger partial charge in [-0.2, -0.15) is 5.10 Å².